The van der Waals surface area contributed by atoms with Crippen LogP contribution in [0.25, 0.3) is 0 Å². The molecule has 0 heterocycles. The van der Waals surface area contributed by atoms with Gasteiger partial charge in [-0.2, -0.15) is 0 Å². The maximum atomic E-state index is 5.68. The SMILES string of the molecule is C=C/C=C(\C=C)CC(CC)(CCC)OC.CC. The van der Waals surface area contributed by atoms with Gasteiger partial charge in [-0.1, -0.05) is 65.5 Å². The molecule has 1 atom stereocenters. The van der Waals surface area contributed by atoms with Gasteiger partial charge in [-0.05, 0) is 18.4 Å². The molecule has 0 radical (unpaired) electrons. The molecule has 1 nitrogen and oxygen atoms in total. The van der Waals surface area contributed by atoms with Crippen LogP contribution in [-0.2, 0) is 4.74 Å². The van der Waals surface area contributed by atoms with Gasteiger partial charge in [-0.3, -0.25) is 0 Å². The van der Waals surface area contributed by atoms with Gasteiger partial charge in [0, 0.05) is 13.5 Å². The van der Waals surface area contributed by atoms with Crippen LogP contribution >= 0.6 is 0 Å². The third-order valence-electron chi connectivity index (χ3n) is 2.90. The topological polar surface area (TPSA) is 9.23 Å². The standard InChI is InChI=1S/C14H24O.C2H6/c1-6-10-13(8-3)12-14(9-4,15-5)11-7-2;1-2/h6,8,10H,1,3,7,9,11-12H2,2,4-5H3;1-2H3/b13-10+;. The number of ether oxygens (including phenoxy) is 1. The van der Waals surface area contributed by atoms with Gasteiger partial charge in [-0.25, -0.2) is 0 Å². The van der Waals surface area contributed by atoms with Crippen molar-refractivity contribution in [2.45, 2.75) is 59.0 Å². The summed E-state index contributed by atoms with van der Waals surface area (Å²) >= 11 is 0. The average molecular weight is 238 g/mol. The summed E-state index contributed by atoms with van der Waals surface area (Å²) in [6.07, 6.45) is 9.87. The van der Waals surface area contributed by atoms with Gasteiger partial charge < -0.3 is 4.74 Å². The largest absolute Gasteiger partial charge is 0.378 e. The minimum absolute atomic E-state index is 0.0300. The van der Waals surface area contributed by atoms with Crippen molar-refractivity contribution in [3.05, 3.63) is 37.0 Å². The highest BCUT2D eigenvalue weighted by atomic mass is 16.5. The molecular weight excluding hydrogens is 208 g/mol. The summed E-state index contributed by atoms with van der Waals surface area (Å²) < 4.78 is 5.68. The lowest BCUT2D eigenvalue weighted by Gasteiger charge is -2.31. The number of hydrogen-bond acceptors (Lipinski definition) is 1. The molecule has 0 amide bonds. The fraction of sp³-hybridized carbons (Fsp3) is 0.625. The Labute approximate surface area is 108 Å². The van der Waals surface area contributed by atoms with Crippen molar-refractivity contribution < 1.29 is 4.74 Å². The molecular formula is C16H30O. The third kappa shape index (κ3) is 7.17. The van der Waals surface area contributed by atoms with E-state index in [4.69, 9.17) is 4.74 Å². The van der Waals surface area contributed by atoms with E-state index in [2.05, 4.69) is 27.0 Å². The van der Waals surface area contributed by atoms with Crippen LogP contribution in [0.5, 0.6) is 0 Å². The van der Waals surface area contributed by atoms with Crippen molar-refractivity contribution in [2.24, 2.45) is 0 Å². The predicted molar refractivity (Wildman–Crippen MR) is 79.4 cm³/mol. The second-order valence-electron chi connectivity index (χ2n) is 3.85. The van der Waals surface area contributed by atoms with Crippen LogP contribution < -0.4 is 0 Å². The summed E-state index contributed by atoms with van der Waals surface area (Å²) in [6, 6.07) is 0. The highest BCUT2D eigenvalue weighted by Crippen LogP contribution is 2.29. The quantitative estimate of drug-likeness (QED) is 0.522. The summed E-state index contributed by atoms with van der Waals surface area (Å²) in [5.41, 5.74) is 1.17. The number of rotatable bonds is 8. The van der Waals surface area contributed by atoms with Crippen molar-refractivity contribution in [1.82, 2.24) is 0 Å². The molecule has 0 aliphatic rings. The van der Waals surface area contributed by atoms with Crippen molar-refractivity contribution in [3.8, 4) is 0 Å². The van der Waals surface area contributed by atoms with Crippen LogP contribution in [0.4, 0.5) is 0 Å². The van der Waals surface area contributed by atoms with Gasteiger partial charge in [0.1, 0.15) is 0 Å². The molecule has 0 aliphatic heterocycles. The lowest BCUT2D eigenvalue weighted by molar-refractivity contribution is -0.0201. The molecule has 0 aromatic carbocycles. The molecule has 1 unspecified atom stereocenters. The van der Waals surface area contributed by atoms with E-state index in [9.17, 15) is 0 Å². The Hall–Kier alpha value is -0.820. The summed E-state index contributed by atoms with van der Waals surface area (Å²) in [5, 5.41) is 0. The smallest absolute Gasteiger partial charge is 0.0716 e. The van der Waals surface area contributed by atoms with Crippen LogP contribution in [0, 0.1) is 0 Å². The summed E-state index contributed by atoms with van der Waals surface area (Å²) in [4.78, 5) is 0. The first-order valence-corrected chi connectivity index (χ1v) is 6.67. The molecule has 0 saturated carbocycles. The van der Waals surface area contributed by atoms with Gasteiger partial charge in [0.2, 0.25) is 0 Å². The Balaban J connectivity index is 0. The highest BCUT2D eigenvalue weighted by Gasteiger charge is 2.26. The van der Waals surface area contributed by atoms with Gasteiger partial charge in [0.15, 0.2) is 0 Å². The fourth-order valence-corrected chi connectivity index (χ4v) is 1.89. The molecule has 100 valence electrons. The van der Waals surface area contributed by atoms with E-state index in [1.54, 1.807) is 13.2 Å². The molecule has 1 heteroatoms. The van der Waals surface area contributed by atoms with Crippen LogP contribution in [0.2, 0.25) is 0 Å². The molecule has 0 fully saturated rings. The van der Waals surface area contributed by atoms with Crippen LogP contribution in [0.15, 0.2) is 37.0 Å². The molecule has 0 spiro atoms. The Morgan fingerprint density at radius 2 is 1.82 bits per heavy atom. The Morgan fingerprint density at radius 3 is 2.12 bits per heavy atom. The first kappa shape index (κ1) is 18.5. The molecule has 0 rings (SSSR count). The summed E-state index contributed by atoms with van der Waals surface area (Å²) in [6.45, 7) is 15.9. The monoisotopic (exact) mass is 238 g/mol. The molecule has 0 aromatic heterocycles. The maximum Gasteiger partial charge on any atom is 0.0716 e. The lowest BCUT2D eigenvalue weighted by Crippen LogP contribution is -2.30. The van der Waals surface area contributed by atoms with Gasteiger partial charge in [-0.15, -0.1) is 0 Å². The predicted octanol–water partition coefficient (Wildman–Crippen LogP) is 5.30. The van der Waals surface area contributed by atoms with Crippen molar-refractivity contribution in [3.63, 3.8) is 0 Å². The maximum absolute atomic E-state index is 5.68. The average Bonchev–Trinajstić information content (AvgIpc) is 2.39. The summed E-state index contributed by atoms with van der Waals surface area (Å²) in [7, 11) is 1.80. The second kappa shape index (κ2) is 11.7. The minimum Gasteiger partial charge on any atom is -0.378 e. The number of methoxy groups -OCH3 is 1. The first-order chi connectivity index (χ1) is 8.17. The fourth-order valence-electron chi connectivity index (χ4n) is 1.89. The lowest BCUT2D eigenvalue weighted by atomic mass is 9.87. The van der Waals surface area contributed by atoms with Crippen LogP contribution in [-0.4, -0.2) is 12.7 Å². The molecule has 0 aliphatic carbocycles. The van der Waals surface area contributed by atoms with Gasteiger partial charge in [0.05, 0.1) is 5.60 Å². The van der Waals surface area contributed by atoms with E-state index in [0.717, 1.165) is 25.7 Å². The molecule has 0 bridgehead atoms. The second-order valence-corrected chi connectivity index (χ2v) is 3.85. The van der Waals surface area contributed by atoms with Crippen LogP contribution in [0.3, 0.4) is 0 Å². The minimum atomic E-state index is -0.0300. The zero-order valence-corrected chi connectivity index (χ0v) is 12.4. The molecule has 17 heavy (non-hydrogen) atoms. The summed E-state index contributed by atoms with van der Waals surface area (Å²) in [5.74, 6) is 0. The Kier molecular flexibility index (Phi) is 12.7. The Morgan fingerprint density at radius 1 is 1.24 bits per heavy atom. The molecule has 0 aromatic rings. The Bertz CT molecular complexity index is 222. The van der Waals surface area contributed by atoms with Gasteiger partial charge >= 0.3 is 0 Å². The number of hydrogen-bond donors (Lipinski definition) is 0. The number of allylic oxidation sites excluding steroid dienone is 3. The highest BCUT2D eigenvalue weighted by molar-refractivity contribution is 5.23. The van der Waals surface area contributed by atoms with Crippen molar-refractivity contribution in [1.29, 1.82) is 0 Å². The van der Waals surface area contributed by atoms with E-state index in [1.807, 2.05) is 26.0 Å². The normalized spacial score (nSPS) is 14.3. The van der Waals surface area contributed by atoms with Gasteiger partial charge in [0.25, 0.3) is 0 Å². The molecule has 0 saturated heterocycles. The van der Waals surface area contributed by atoms with E-state index >= 15 is 0 Å². The first-order valence-electron chi connectivity index (χ1n) is 6.67. The molecule has 0 N–H and O–H groups in total. The van der Waals surface area contributed by atoms with Crippen LogP contribution in [0.1, 0.15) is 53.4 Å². The third-order valence-corrected chi connectivity index (χ3v) is 2.90. The van der Waals surface area contributed by atoms with E-state index in [0.29, 0.717) is 0 Å². The van der Waals surface area contributed by atoms with E-state index < -0.39 is 0 Å². The van der Waals surface area contributed by atoms with E-state index in [1.165, 1.54) is 5.57 Å². The zero-order chi connectivity index (χ0) is 13.7. The zero-order valence-electron chi connectivity index (χ0n) is 12.4. The van der Waals surface area contributed by atoms with Crippen molar-refractivity contribution >= 4 is 0 Å². The van der Waals surface area contributed by atoms with E-state index in [-0.39, 0.29) is 5.60 Å². The van der Waals surface area contributed by atoms with Crippen molar-refractivity contribution in [2.75, 3.05) is 7.11 Å².